The molecule has 1 unspecified atom stereocenters. The van der Waals surface area contributed by atoms with E-state index in [1.807, 2.05) is 37.3 Å². The Morgan fingerprint density at radius 1 is 1.03 bits per heavy atom. The molecule has 1 N–H and O–H groups in total. The van der Waals surface area contributed by atoms with E-state index in [1.54, 1.807) is 14.2 Å². The molecule has 0 saturated heterocycles. The van der Waals surface area contributed by atoms with Gasteiger partial charge in [-0.2, -0.15) is 0 Å². The van der Waals surface area contributed by atoms with Crippen LogP contribution in [-0.4, -0.2) is 56.0 Å². The van der Waals surface area contributed by atoms with Crippen LogP contribution in [0.15, 0.2) is 42.5 Å². The fraction of sp³-hybridized carbons (Fsp3) is 0.391. The second-order valence-electron chi connectivity index (χ2n) is 6.83. The Labute approximate surface area is 187 Å². The molecule has 7 heteroatoms. The van der Waals surface area contributed by atoms with Gasteiger partial charge >= 0.3 is 188 Å². The van der Waals surface area contributed by atoms with Gasteiger partial charge in [-0.3, -0.25) is 0 Å². The van der Waals surface area contributed by atoms with Crippen molar-refractivity contribution in [1.82, 2.24) is 0 Å². The van der Waals surface area contributed by atoms with Crippen molar-refractivity contribution in [2.24, 2.45) is 0 Å². The van der Waals surface area contributed by atoms with Gasteiger partial charge in [-0.25, -0.2) is 0 Å². The van der Waals surface area contributed by atoms with Crippen LogP contribution in [0.1, 0.15) is 27.9 Å². The Morgan fingerprint density at radius 3 is 2.23 bits per heavy atom. The second-order valence-corrected chi connectivity index (χ2v) is 12.9. The zero-order chi connectivity index (χ0) is 21.9. The molecule has 162 valence electrons. The first kappa shape index (κ1) is 24.4. The number of rotatable bonds is 13. The number of aryl methyl sites for hydroxylation is 1. The standard InChI is InChI=1S/C23H29AsO5S/c1-17-20(28-2)14-19(15-21(17)29-3)23(27)24(12-13-30-16-22(25)26)11-7-10-18-8-5-4-6-9-18/h4-6,8-9,14-15H,7,10-13,16H2,1-3H3,(H,25,26). The Balaban J connectivity index is 2.12. The summed E-state index contributed by atoms with van der Waals surface area (Å²) in [5.74, 6) is 1.26. The molecule has 0 spiro atoms. The van der Waals surface area contributed by atoms with E-state index in [0.29, 0.717) is 22.8 Å². The fourth-order valence-corrected chi connectivity index (χ4v) is 9.52. The number of thioether (sulfide) groups is 1. The third-order valence-electron chi connectivity index (χ3n) is 4.75. The Morgan fingerprint density at radius 2 is 1.67 bits per heavy atom. The molecule has 0 amide bonds. The number of carbonyl (C=O) groups excluding carboxylic acids is 1. The van der Waals surface area contributed by atoms with Crippen LogP contribution in [0.25, 0.3) is 0 Å². The number of carboxylic acid groups (broad SMARTS) is 1. The van der Waals surface area contributed by atoms with Gasteiger partial charge in [0, 0.05) is 0 Å². The molecule has 2 rings (SSSR count). The first-order chi connectivity index (χ1) is 14.5. The minimum atomic E-state index is -1.88. The maximum absolute atomic E-state index is 13.4. The van der Waals surface area contributed by atoms with E-state index in [9.17, 15) is 9.59 Å². The van der Waals surface area contributed by atoms with Gasteiger partial charge in [-0.05, 0) is 0 Å². The van der Waals surface area contributed by atoms with Crippen LogP contribution in [0.2, 0.25) is 10.4 Å². The molecule has 1 atom stereocenters. The van der Waals surface area contributed by atoms with Gasteiger partial charge in [0.25, 0.3) is 0 Å². The molecular weight excluding hydrogens is 463 g/mol. The van der Waals surface area contributed by atoms with Gasteiger partial charge in [-0.15, -0.1) is 0 Å². The summed E-state index contributed by atoms with van der Waals surface area (Å²) in [6.45, 7) is 1.91. The minimum absolute atomic E-state index is 0.0760. The van der Waals surface area contributed by atoms with Crippen LogP contribution < -0.4 is 9.47 Å². The number of methoxy groups -OCH3 is 2. The van der Waals surface area contributed by atoms with Gasteiger partial charge in [0.15, 0.2) is 0 Å². The number of aliphatic carboxylic acids is 1. The Kier molecular flexibility index (Phi) is 10.3. The summed E-state index contributed by atoms with van der Waals surface area (Å²) in [5, 5.41) is 10.6. The predicted octanol–water partition coefficient (Wildman–Crippen LogP) is 4.68. The zero-order valence-electron chi connectivity index (χ0n) is 17.7. The summed E-state index contributed by atoms with van der Waals surface area (Å²) >= 11 is -0.498. The molecule has 0 bridgehead atoms. The molecular formula is C23H29AsO5S. The first-order valence-corrected chi connectivity index (χ1v) is 14.6. The van der Waals surface area contributed by atoms with Crippen LogP contribution in [0.4, 0.5) is 0 Å². The molecule has 0 aliphatic carbocycles. The molecule has 0 heterocycles. The van der Waals surface area contributed by atoms with E-state index in [4.69, 9.17) is 14.6 Å². The normalized spacial score (nSPS) is 11.7. The SMILES string of the molecule is COc1cc(C(=O)[As](CCCc2ccccc2)CCSCC(=O)O)cc(OC)c1C. The van der Waals surface area contributed by atoms with Gasteiger partial charge in [0.2, 0.25) is 0 Å². The topological polar surface area (TPSA) is 72.8 Å². The monoisotopic (exact) mass is 492 g/mol. The number of carbonyl (C=O) groups is 2. The number of ether oxygens (including phenoxy) is 2. The van der Waals surface area contributed by atoms with Crippen LogP contribution in [0.3, 0.4) is 0 Å². The fourth-order valence-electron chi connectivity index (χ4n) is 3.16. The third-order valence-corrected chi connectivity index (χ3v) is 11.5. The number of carboxylic acids is 1. The predicted molar refractivity (Wildman–Crippen MR) is 124 cm³/mol. The maximum atomic E-state index is 13.4. The van der Waals surface area contributed by atoms with E-state index in [0.717, 1.165) is 28.8 Å². The van der Waals surface area contributed by atoms with Crippen molar-refractivity contribution >= 4 is 37.0 Å². The van der Waals surface area contributed by atoms with Crippen molar-refractivity contribution in [3.05, 3.63) is 59.2 Å². The van der Waals surface area contributed by atoms with Gasteiger partial charge < -0.3 is 0 Å². The molecule has 30 heavy (non-hydrogen) atoms. The molecule has 0 radical (unpaired) electrons. The van der Waals surface area contributed by atoms with E-state index in [-0.39, 0.29) is 10.3 Å². The molecule has 5 nitrogen and oxygen atoms in total. The van der Waals surface area contributed by atoms with Crippen LogP contribution in [0, 0.1) is 6.92 Å². The van der Waals surface area contributed by atoms with Gasteiger partial charge in [0.1, 0.15) is 0 Å². The van der Waals surface area contributed by atoms with Crippen molar-refractivity contribution in [3.8, 4) is 11.5 Å². The van der Waals surface area contributed by atoms with Crippen molar-refractivity contribution in [1.29, 1.82) is 0 Å². The van der Waals surface area contributed by atoms with Crippen molar-refractivity contribution in [3.63, 3.8) is 0 Å². The summed E-state index contributed by atoms with van der Waals surface area (Å²) in [4.78, 5) is 24.2. The molecule has 0 fully saturated rings. The van der Waals surface area contributed by atoms with Gasteiger partial charge in [0.05, 0.1) is 0 Å². The van der Waals surface area contributed by atoms with Crippen LogP contribution >= 0.6 is 11.8 Å². The first-order valence-electron chi connectivity index (χ1n) is 9.81. The average Bonchev–Trinajstić information content (AvgIpc) is 2.75. The van der Waals surface area contributed by atoms with Crippen molar-refractivity contribution in [2.75, 3.05) is 25.7 Å². The number of hydrogen-bond acceptors (Lipinski definition) is 5. The van der Waals surface area contributed by atoms with Crippen LogP contribution in [0.5, 0.6) is 11.5 Å². The molecule has 2 aromatic rings. The summed E-state index contributed by atoms with van der Waals surface area (Å²) in [7, 11) is 3.18. The summed E-state index contributed by atoms with van der Waals surface area (Å²) < 4.78 is 11.1. The van der Waals surface area contributed by atoms with E-state index in [2.05, 4.69) is 12.1 Å². The molecule has 0 aromatic heterocycles. The van der Waals surface area contributed by atoms with E-state index in [1.165, 1.54) is 17.3 Å². The Hall–Kier alpha value is -1.91. The number of hydrogen-bond donors (Lipinski definition) is 1. The number of benzene rings is 2. The second kappa shape index (κ2) is 12.7. The van der Waals surface area contributed by atoms with Crippen molar-refractivity contribution < 1.29 is 24.2 Å². The summed E-state index contributed by atoms with van der Waals surface area (Å²) in [6.07, 6.45) is 1.90. The third kappa shape index (κ3) is 7.41. The molecule has 0 aliphatic heterocycles. The quantitative estimate of drug-likeness (QED) is 0.324. The Bertz CT molecular complexity index is 816. The summed E-state index contributed by atoms with van der Waals surface area (Å²) in [5.41, 5.74) is 2.78. The molecule has 2 aromatic carbocycles. The van der Waals surface area contributed by atoms with Crippen LogP contribution in [-0.2, 0) is 11.2 Å². The summed E-state index contributed by atoms with van der Waals surface area (Å²) in [6, 6.07) is 13.9. The molecule has 0 saturated carbocycles. The molecule has 0 aliphatic rings. The van der Waals surface area contributed by atoms with E-state index >= 15 is 0 Å². The average molecular weight is 492 g/mol. The van der Waals surface area contributed by atoms with E-state index < -0.39 is 20.6 Å². The zero-order valence-corrected chi connectivity index (χ0v) is 20.4. The van der Waals surface area contributed by atoms with Crippen molar-refractivity contribution in [2.45, 2.75) is 30.2 Å². The van der Waals surface area contributed by atoms with Gasteiger partial charge in [-0.1, -0.05) is 0 Å².